The number of rotatable bonds is 2. The summed E-state index contributed by atoms with van der Waals surface area (Å²) in [5, 5.41) is 0. The van der Waals surface area contributed by atoms with Gasteiger partial charge in [0.1, 0.15) is 0 Å². The second-order valence-corrected chi connectivity index (χ2v) is 6.35. The van der Waals surface area contributed by atoms with Crippen molar-refractivity contribution < 1.29 is 4.79 Å². The summed E-state index contributed by atoms with van der Waals surface area (Å²) in [5.41, 5.74) is 6.23. The smallest absolute Gasteiger partial charge is 0.276 e. The van der Waals surface area contributed by atoms with Crippen molar-refractivity contribution in [2.45, 2.75) is 46.1 Å². The van der Waals surface area contributed by atoms with E-state index in [0.717, 1.165) is 25.8 Å². The molecule has 0 aliphatic carbocycles. The summed E-state index contributed by atoms with van der Waals surface area (Å²) < 4.78 is 0. The number of amides is 1. The largest absolute Gasteiger partial charge is 0.382 e. The molecule has 1 aliphatic rings. The van der Waals surface area contributed by atoms with E-state index in [-0.39, 0.29) is 28.9 Å². The molecular weight excluding hydrogens is 240 g/mol. The van der Waals surface area contributed by atoms with Gasteiger partial charge in [-0.15, -0.1) is 0 Å². The molecule has 0 aromatic carbocycles. The number of nitrogens with zero attached hydrogens (tertiary/aromatic N) is 3. The minimum Gasteiger partial charge on any atom is -0.382 e. The Morgan fingerprint density at radius 3 is 2.74 bits per heavy atom. The van der Waals surface area contributed by atoms with Gasteiger partial charge in [-0.05, 0) is 24.7 Å². The van der Waals surface area contributed by atoms with Crippen molar-refractivity contribution in [3.63, 3.8) is 0 Å². The summed E-state index contributed by atoms with van der Waals surface area (Å²) in [5.74, 6) is 0.131. The third-order valence-electron chi connectivity index (χ3n) is 3.42. The highest BCUT2D eigenvalue weighted by Crippen LogP contribution is 2.30. The molecule has 5 heteroatoms. The van der Waals surface area contributed by atoms with E-state index in [4.69, 9.17) is 5.73 Å². The molecule has 1 amide bonds. The normalized spacial score (nSPS) is 19.7. The van der Waals surface area contributed by atoms with E-state index in [1.54, 1.807) is 0 Å². The fourth-order valence-corrected chi connectivity index (χ4v) is 2.67. The van der Waals surface area contributed by atoms with Crippen molar-refractivity contribution in [2.75, 3.05) is 12.3 Å². The molecule has 0 radical (unpaired) electrons. The van der Waals surface area contributed by atoms with Crippen molar-refractivity contribution in [1.29, 1.82) is 0 Å². The van der Waals surface area contributed by atoms with Crippen LogP contribution in [0, 0.1) is 5.41 Å². The summed E-state index contributed by atoms with van der Waals surface area (Å²) in [6.45, 7) is 7.38. The fraction of sp³-hybridized carbons (Fsp3) is 0.643. The minimum absolute atomic E-state index is 0.0858. The van der Waals surface area contributed by atoms with E-state index in [1.165, 1.54) is 12.4 Å². The predicted octanol–water partition coefficient (Wildman–Crippen LogP) is 2.10. The van der Waals surface area contributed by atoms with Gasteiger partial charge in [0.05, 0.1) is 0 Å². The first-order valence-electron chi connectivity index (χ1n) is 6.76. The quantitative estimate of drug-likeness (QED) is 0.886. The average Bonchev–Trinajstić information content (AvgIpc) is 2.74. The molecule has 0 bridgehead atoms. The van der Waals surface area contributed by atoms with Gasteiger partial charge in [0.2, 0.25) is 0 Å². The van der Waals surface area contributed by atoms with Crippen LogP contribution in [0.3, 0.4) is 0 Å². The molecule has 1 aromatic heterocycles. The van der Waals surface area contributed by atoms with Gasteiger partial charge in [-0.25, -0.2) is 9.97 Å². The SMILES string of the molecule is CC(C)(C)C[C@@H]1CCCN1C(=O)c1nccnc1N. The van der Waals surface area contributed by atoms with E-state index in [0.29, 0.717) is 0 Å². The van der Waals surface area contributed by atoms with Gasteiger partial charge in [0.15, 0.2) is 11.5 Å². The Hall–Kier alpha value is -1.65. The minimum atomic E-state index is -0.0858. The Kier molecular flexibility index (Phi) is 3.73. The molecule has 19 heavy (non-hydrogen) atoms. The molecule has 2 N–H and O–H groups in total. The molecule has 0 saturated carbocycles. The number of aromatic nitrogens is 2. The zero-order chi connectivity index (χ0) is 14.0. The summed E-state index contributed by atoms with van der Waals surface area (Å²) in [6, 6.07) is 0.286. The number of carbonyl (C=O) groups excluding carboxylic acids is 1. The first kappa shape index (κ1) is 13.8. The van der Waals surface area contributed by atoms with Crippen LogP contribution in [-0.2, 0) is 0 Å². The molecule has 0 spiro atoms. The van der Waals surface area contributed by atoms with E-state index in [2.05, 4.69) is 30.7 Å². The van der Waals surface area contributed by atoms with Gasteiger partial charge in [0.25, 0.3) is 5.91 Å². The van der Waals surface area contributed by atoms with Crippen LogP contribution in [0.2, 0.25) is 0 Å². The van der Waals surface area contributed by atoms with Crippen LogP contribution in [0.15, 0.2) is 12.4 Å². The summed E-state index contributed by atoms with van der Waals surface area (Å²) >= 11 is 0. The Balaban J connectivity index is 2.17. The second-order valence-electron chi connectivity index (χ2n) is 6.35. The van der Waals surface area contributed by atoms with Crippen LogP contribution in [0.1, 0.15) is 50.5 Å². The highest BCUT2D eigenvalue weighted by molar-refractivity contribution is 5.96. The number of hydrogen-bond acceptors (Lipinski definition) is 4. The van der Waals surface area contributed by atoms with Crippen molar-refractivity contribution in [3.05, 3.63) is 18.1 Å². The molecule has 1 atom stereocenters. The number of hydrogen-bond donors (Lipinski definition) is 1. The van der Waals surface area contributed by atoms with E-state index in [9.17, 15) is 4.79 Å². The number of carbonyl (C=O) groups is 1. The first-order valence-corrected chi connectivity index (χ1v) is 6.76. The maximum Gasteiger partial charge on any atom is 0.276 e. The summed E-state index contributed by atoms with van der Waals surface area (Å²) in [4.78, 5) is 22.4. The van der Waals surface area contributed by atoms with Crippen LogP contribution in [0.4, 0.5) is 5.82 Å². The Morgan fingerprint density at radius 2 is 2.11 bits per heavy atom. The maximum absolute atomic E-state index is 12.5. The Labute approximate surface area is 114 Å². The molecule has 0 unspecified atom stereocenters. The maximum atomic E-state index is 12.5. The zero-order valence-corrected chi connectivity index (χ0v) is 11.9. The summed E-state index contributed by atoms with van der Waals surface area (Å²) in [6.07, 6.45) is 6.12. The monoisotopic (exact) mass is 262 g/mol. The van der Waals surface area contributed by atoms with Crippen LogP contribution in [0.5, 0.6) is 0 Å². The Morgan fingerprint density at radius 1 is 1.42 bits per heavy atom. The molecule has 2 rings (SSSR count). The molecule has 2 heterocycles. The topological polar surface area (TPSA) is 72.1 Å². The lowest BCUT2D eigenvalue weighted by Crippen LogP contribution is -2.38. The van der Waals surface area contributed by atoms with Crippen LogP contribution in [-0.4, -0.2) is 33.4 Å². The van der Waals surface area contributed by atoms with Gasteiger partial charge >= 0.3 is 0 Å². The molecule has 1 saturated heterocycles. The van der Waals surface area contributed by atoms with Crippen molar-refractivity contribution in [3.8, 4) is 0 Å². The lowest BCUT2D eigenvalue weighted by atomic mass is 9.87. The van der Waals surface area contributed by atoms with Gasteiger partial charge in [-0.1, -0.05) is 20.8 Å². The highest BCUT2D eigenvalue weighted by Gasteiger charge is 2.33. The van der Waals surface area contributed by atoms with Crippen LogP contribution < -0.4 is 5.73 Å². The second kappa shape index (κ2) is 5.15. The molecular formula is C14H22N4O. The van der Waals surface area contributed by atoms with Crippen LogP contribution >= 0.6 is 0 Å². The van der Waals surface area contributed by atoms with Gasteiger partial charge in [-0.3, -0.25) is 4.79 Å². The van der Waals surface area contributed by atoms with Crippen molar-refractivity contribution >= 4 is 11.7 Å². The lowest BCUT2D eigenvalue weighted by molar-refractivity contribution is 0.0699. The summed E-state index contributed by atoms with van der Waals surface area (Å²) in [7, 11) is 0. The van der Waals surface area contributed by atoms with Gasteiger partial charge in [-0.2, -0.15) is 0 Å². The third-order valence-corrected chi connectivity index (χ3v) is 3.42. The molecule has 1 aromatic rings. The fourth-order valence-electron chi connectivity index (χ4n) is 2.67. The molecule has 5 nitrogen and oxygen atoms in total. The number of nitrogens with two attached hydrogens (primary N) is 1. The molecule has 1 aliphatic heterocycles. The first-order chi connectivity index (χ1) is 8.88. The van der Waals surface area contributed by atoms with Gasteiger partial charge < -0.3 is 10.6 Å². The Bertz CT molecular complexity index is 467. The number of anilines is 1. The number of likely N-dealkylation sites (tertiary alicyclic amines) is 1. The predicted molar refractivity (Wildman–Crippen MR) is 74.6 cm³/mol. The molecule has 104 valence electrons. The highest BCUT2D eigenvalue weighted by atomic mass is 16.2. The van der Waals surface area contributed by atoms with E-state index >= 15 is 0 Å². The number of nitrogen functional groups attached to an aromatic ring is 1. The van der Waals surface area contributed by atoms with Gasteiger partial charge in [0, 0.05) is 25.0 Å². The standard InChI is InChI=1S/C14H22N4O/c1-14(2,3)9-10-5-4-8-18(10)13(19)11-12(15)17-7-6-16-11/h6-7,10H,4-5,8-9H2,1-3H3,(H2,15,17)/t10-/m0/s1. The lowest BCUT2D eigenvalue weighted by Gasteiger charge is -2.30. The zero-order valence-electron chi connectivity index (χ0n) is 11.9. The van der Waals surface area contributed by atoms with E-state index < -0.39 is 0 Å². The third kappa shape index (κ3) is 3.22. The van der Waals surface area contributed by atoms with E-state index in [1.807, 2.05) is 4.90 Å². The van der Waals surface area contributed by atoms with Crippen LogP contribution in [0.25, 0.3) is 0 Å². The average molecular weight is 262 g/mol. The van der Waals surface area contributed by atoms with Crippen molar-refractivity contribution in [2.24, 2.45) is 5.41 Å². The molecule has 1 fully saturated rings. The van der Waals surface area contributed by atoms with Crippen molar-refractivity contribution in [1.82, 2.24) is 14.9 Å².